The molecule has 4 aromatic carbocycles. The smallest absolute Gasteiger partial charge is 0.115 e. The standard InChI is InChI=1S/C40H46O4/c41-35-17-9-31(10-18-35)39(32-11-19-36(42)20-12-32)25-6-26-40(33-13-21-37(43)22-14-33,34-15-23-38(44)24-16-34)28-30(27-39)29-7-4-2-1-3-5-8-29/h9-24,29-30,41-44H,1-8,25-28H2. The van der Waals surface area contributed by atoms with Crippen molar-refractivity contribution < 1.29 is 20.4 Å². The second-order valence-corrected chi connectivity index (χ2v) is 13.5. The maximum absolute atomic E-state index is 10.3. The molecule has 6 rings (SSSR count). The lowest BCUT2D eigenvalue weighted by Crippen LogP contribution is -2.41. The minimum Gasteiger partial charge on any atom is -0.508 e. The minimum atomic E-state index is -0.259. The Morgan fingerprint density at radius 1 is 0.364 bits per heavy atom. The fraction of sp³-hybridized carbons (Fsp3) is 0.400. The van der Waals surface area contributed by atoms with Gasteiger partial charge in [0.05, 0.1) is 0 Å². The first-order valence-corrected chi connectivity index (χ1v) is 16.6. The zero-order chi connectivity index (χ0) is 30.6. The highest BCUT2D eigenvalue weighted by atomic mass is 16.3. The van der Waals surface area contributed by atoms with Crippen molar-refractivity contribution >= 4 is 0 Å². The SMILES string of the molecule is Oc1ccc(C2(c3ccc(O)cc3)CCCC(c3ccc(O)cc3)(c3ccc(O)cc3)CC(C3CCCCCCC3)C2)cc1. The monoisotopic (exact) mass is 590 g/mol. The number of phenols is 4. The number of aromatic hydroxyl groups is 4. The number of hydrogen-bond acceptors (Lipinski definition) is 4. The van der Waals surface area contributed by atoms with Crippen LogP contribution in [0.4, 0.5) is 0 Å². The van der Waals surface area contributed by atoms with Gasteiger partial charge in [-0.1, -0.05) is 99.9 Å². The van der Waals surface area contributed by atoms with Gasteiger partial charge in [-0.3, -0.25) is 0 Å². The molecule has 4 heteroatoms. The lowest BCUT2D eigenvalue weighted by molar-refractivity contribution is 0.152. The predicted octanol–water partition coefficient (Wildman–Crippen LogP) is 9.72. The molecule has 0 aromatic heterocycles. The largest absolute Gasteiger partial charge is 0.508 e. The van der Waals surface area contributed by atoms with E-state index in [0.29, 0.717) is 11.8 Å². The van der Waals surface area contributed by atoms with E-state index >= 15 is 0 Å². The van der Waals surface area contributed by atoms with Crippen LogP contribution in [-0.2, 0) is 10.8 Å². The Balaban J connectivity index is 1.52. The fourth-order valence-corrected chi connectivity index (χ4v) is 8.66. The topological polar surface area (TPSA) is 80.9 Å². The lowest BCUT2D eigenvalue weighted by Gasteiger charge is -2.48. The Hall–Kier alpha value is -3.92. The molecule has 0 bridgehead atoms. The first-order chi connectivity index (χ1) is 21.4. The first-order valence-electron chi connectivity index (χ1n) is 16.6. The van der Waals surface area contributed by atoms with Crippen LogP contribution < -0.4 is 0 Å². The summed E-state index contributed by atoms with van der Waals surface area (Å²) in [7, 11) is 0. The van der Waals surface area contributed by atoms with Crippen LogP contribution in [0.5, 0.6) is 23.0 Å². The van der Waals surface area contributed by atoms with Crippen LogP contribution in [-0.4, -0.2) is 20.4 Å². The third-order valence-corrected chi connectivity index (χ3v) is 10.9. The molecular weight excluding hydrogens is 544 g/mol. The number of rotatable bonds is 5. The van der Waals surface area contributed by atoms with Crippen molar-refractivity contribution in [3.05, 3.63) is 119 Å². The molecule has 4 aromatic rings. The lowest BCUT2D eigenvalue weighted by atomic mass is 9.55. The molecule has 0 unspecified atom stereocenters. The molecule has 0 radical (unpaired) electrons. The molecule has 4 N–H and O–H groups in total. The van der Waals surface area contributed by atoms with Crippen LogP contribution >= 0.6 is 0 Å². The molecule has 0 amide bonds. The number of benzene rings is 4. The molecule has 0 saturated heterocycles. The number of phenolic OH excluding ortho intramolecular Hbond substituents is 4. The van der Waals surface area contributed by atoms with Crippen molar-refractivity contribution in [1.82, 2.24) is 0 Å². The maximum atomic E-state index is 10.3. The molecule has 0 spiro atoms. The highest BCUT2D eigenvalue weighted by molar-refractivity contribution is 5.46. The fourth-order valence-electron chi connectivity index (χ4n) is 8.66. The van der Waals surface area contributed by atoms with Crippen molar-refractivity contribution in [3.63, 3.8) is 0 Å². The molecule has 4 nitrogen and oxygen atoms in total. The summed E-state index contributed by atoms with van der Waals surface area (Å²) >= 11 is 0. The summed E-state index contributed by atoms with van der Waals surface area (Å²) in [5, 5.41) is 41.0. The Morgan fingerprint density at radius 2 is 0.659 bits per heavy atom. The van der Waals surface area contributed by atoms with E-state index in [1.54, 1.807) is 0 Å². The second-order valence-electron chi connectivity index (χ2n) is 13.5. The molecule has 2 aliphatic rings. The van der Waals surface area contributed by atoms with Gasteiger partial charge in [0.2, 0.25) is 0 Å². The van der Waals surface area contributed by atoms with Crippen LogP contribution in [0.1, 0.15) is 99.3 Å². The average Bonchev–Trinajstić information content (AvgIpc) is 3.00. The molecule has 0 heterocycles. The van der Waals surface area contributed by atoms with Crippen molar-refractivity contribution in [3.8, 4) is 23.0 Å². The molecule has 0 aliphatic heterocycles. The Bertz CT molecular complexity index is 1290. The molecule has 0 atom stereocenters. The van der Waals surface area contributed by atoms with Crippen LogP contribution in [0.3, 0.4) is 0 Å². The normalized spacial score (nSPS) is 19.7. The zero-order valence-electron chi connectivity index (χ0n) is 25.7. The Kier molecular flexibility index (Phi) is 8.88. The Labute approximate surface area is 262 Å². The van der Waals surface area contributed by atoms with Gasteiger partial charge in [0.25, 0.3) is 0 Å². The van der Waals surface area contributed by atoms with Gasteiger partial charge in [0.1, 0.15) is 23.0 Å². The van der Waals surface area contributed by atoms with Gasteiger partial charge >= 0.3 is 0 Å². The van der Waals surface area contributed by atoms with E-state index in [2.05, 4.69) is 48.5 Å². The van der Waals surface area contributed by atoms with Crippen molar-refractivity contribution in [1.29, 1.82) is 0 Å². The van der Waals surface area contributed by atoms with E-state index < -0.39 is 0 Å². The summed E-state index contributed by atoms with van der Waals surface area (Å²) in [5.41, 5.74) is 4.36. The highest BCUT2D eigenvalue weighted by Gasteiger charge is 2.46. The molecule has 2 fully saturated rings. The van der Waals surface area contributed by atoms with Crippen LogP contribution in [0.15, 0.2) is 97.1 Å². The molecule has 230 valence electrons. The van der Waals surface area contributed by atoms with Gasteiger partial charge in [0, 0.05) is 10.8 Å². The van der Waals surface area contributed by atoms with Gasteiger partial charge in [-0.05, 0) is 108 Å². The minimum absolute atomic E-state index is 0.259. The van der Waals surface area contributed by atoms with Crippen molar-refractivity contribution in [2.45, 2.75) is 87.9 Å². The Morgan fingerprint density at radius 3 is 0.977 bits per heavy atom. The van der Waals surface area contributed by atoms with Crippen LogP contribution in [0.25, 0.3) is 0 Å². The van der Waals surface area contributed by atoms with E-state index in [4.69, 9.17) is 0 Å². The van der Waals surface area contributed by atoms with E-state index in [0.717, 1.165) is 32.1 Å². The molecule has 2 saturated carbocycles. The summed E-state index contributed by atoms with van der Waals surface area (Å²) in [4.78, 5) is 0. The van der Waals surface area contributed by atoms with Gasteiger partial charge in [0.15, 0.2) is 0 Å². The van der Waals surface area contributed by atoms with Gasteiger partial charge in [-0.25, -0.2) is 0 Å². The predicted molar refractivity (Wildman–Crippen MR) is 176 cm³/mol. The van der Waals surface area contributed by atoms with E-state index in [-0.39, 0.29) is 33.8 Å². The molecular formula is C40H46O4. The van der Waals surface area contributed by atoms with Gasteiger partial charge < -0.3 is 20.4 Å². The quantitative estimate of drug-likeness (QED) is 0.187. The van der Waals surface area contributed by atoms with E-state index in [1.807, 2.05) is 48.5 Å². The summed E-state index contributed by atoms with van der Waals surface area (Å²) < 4.78 is 0. The summed E-state index contributed by atoms with van der Waals surface area (Å²) in [5.74, 6) is 2.08. The third-order valence-electron chi connectivity index (χ3n) is 10.9. The first kappa shape index (κ1) is 30.1. The molecule has 44 heavy (non-hydrogen) atoms. The zero-order valence-corrected chi connectivity index (χ0v) is 25.7. The number of hydrogen-bond donors (Lipinski definition) is 4. The average molecular weight is 591 g/mol. The van der Waals surface area contributed by atoms with Gasteiger partial charge in [-0.2, -0.15) is 0 Å². The van der Waals surface area contributed by atoms with Crippen LogP contribution in [0.2, 0.25) is 0 Å². The van der Waals surface area contributed by atoms with Crippen molar-refractivity contribution in [2.75, 3.05) is 0 Å². The summed E-state index contributed by atoms with van der Waals surface area (Å²) in [6.07, 6.45) is 13.7. The van der Waals surface area contributed by atoms with E-state index in [1.165, 1.54) is 67.2 Å². The van der Waals surface area contributed by atoms with Gasteiger partial charge in [-0.15, -0.1) is 0 Å². The second kappa shape index (κ2) is 13.0. The highest BCUT2D eigenvalue weighted by Crippen LogP contribution is 2.54. The van der Waals surface area contributed by atoms with Crippen LogP contribution in [0, 0.1) is 11.8 Å². The summed E-state index contributed by atoms with van der Waals surface area (Å²) in [6, 6.07) is 31.4. The third kappa shape index (κ3) is 6.18. The van der Waals surface area contributed by atoms with E-state index in [9.17, 15) is 20.4 Å². The molecule has 2 aliphatic carbocycles. The summed E-state index contributed by atoms with van der Waals surface area (Å²) in [6.45, 7) is 0. The van der Waals surface area contributed by atoms with Crippen molar-refractivity contribution in [2.24, 2.45) is 11.8 Å². The maximum Gasteiger partial charge on any atom is 0.115 e.